The van der Waals surface area contributed by atoms with Crippen molar-refractivity contribution < 1.29 is 4.79 Å². The zero-order valence-corrected chi connectivity index (χ0v) is 15.4. The summed E-state index contributed by atoms with van der Waals surface area (Å²) in [6.07, 6.45) is 0. The lowest BCUT2D eigenvalue weighted by Gasteiger charge is -2.08. The minimum absolute atomic E-state index is 0.0163. The molecule has 0 bridgehead atoms. The van der Waals surface area contributed by atoms with Gasteiger partial charge in [-0.2, -0.15) is 4.98 Å². The number of ketones is 1. The van der Waals surface area contributed by atoms with Gasteiger partial charge in [0.2, 0.25) is 5.28 Å². The highest BCUT2D eigenvalue weighted by molar-refractivity contribution is 6.29. The topological polar surface area (TPSA) is 78.9 Å². The third kappa shape index (κ3) is 2.67. The molecule has 2 heterocycles. The van der Waals surface area contributed by atoms with Gasteiger partial charge in [0.25, 0.3) is 5.56 Å². The molecule has 4 aromatic rings. The van der Waals surface area contributed by atoms with Gasteiger partial charge in [0.05, 0.1) is 6.54 Å². The average Bonchev–Trinajstić information content (AvgIpc) is 3.00. The first-order valence-electron chi connectivity index (χ1n) is 8.22. The number of aromatic nitrogens is 4. The lowest BCUT2D eigenvalue weighted by molar-refractivity contribution is 0.0973. The Labute approximate surface area is 158 Å². The first-order valence-corrected chi connectivity index (χ1v) is 8.60. The highest BCUT2D eigenvalue weighted by atomic mass is 35.5. The number of hydrogen-bond donors (Lipinski definition) is 0. The number of carbonyl (C=O) groups excluding carboxylic acids is 1. The molecule has 7 nitrogen and oxygen atoms in total. The minimum atomic E-state index is -0.543. The number of aryl methyl sites for hydroxylation is 1. The highest BCUT2D eigenvalue weighted by Crippen LogP contribution is 2.19. The van der Waals surface area contributed by atoms with Crippen LogP contribution in [0.5, 0.6) is 0 Å². The molecule has 0 spiro atoms. The number of imidazole rings is 1. The second-order valence-electron chi connectivity index (χ2n) is 6.33. The Balaban J connectivity index is 1.83. The number of halogens is 1. The molecule has 0 saturated carbocycles. The number of fused-ring (bicyclic) bond motifs is 2. The minimum Gasteiger partial charge on any atom is -0.301 e. The van der Waals surface area contributed by atoms with Crippen LogP contribution in [-0.2, 0) is 20.6 Å². The second kappa shape index (κ2) is 6.21. The SMILES string of the molecule is Cn1c(=O)c2c(nc(Cl)n2CC(=O)c2ccc3ccccc3c2)n(C)c1=O. The van der Waals surface area contributed by atoms with E-state index in [1.54, 1.807) is 12.1 Å². The number of hydrogen-bond acceptors (Lipinski definition) is 4. The molecule has 0 N–H and O–H groups in total. The zero-order valence-electron chi connectivity index (χ0n) is 14.6. The standard InChI is InChI=1S/C19H15ClN4O3/c1-22-16-15(17(26)23(2)19(22)27)24(18(20)21-16)10-14(25)13-8-7-11-5-3-4-6-12(11)9-13/h3-9H,10H2,1-2H3. The Morgan fingerprint density at radius 1 is 1.04 bits per heavy atom. The van der Waals surface area contributed by atoms with Crippen molar-refractivity contribution in [3.8, 4) is 0 Å². The van der Waals surface area contributed by atoms with Crippen molar-refractivity contribution in [3.05, 3.63) is 74.1 Å². The van der Waals surface area contributed by atoms with Gasteiger partial charge in [0.15, 0.2) is 16.9 Å². The van der Waals surface area contributed by atoms with Crippen LogP contribution in [0.4, 0.5) is 0 Å². The first kappa shape index (κ1) is 17.2. The van der Waals surface area contributed by atoms with Gasteiger partial charge in [-0.3, -0.25) is 18.7 Å². The molecule has 0 atom stereocenters. The summed E-state index contributed by atoms with van der Waals surface area (Å²) >= 11 is 6.18. The van der Waals surface area contributed by atoms with Gasteiger partial charge in [-0.05, 0) is 28.4 Å². The fourth-order valence-electron chi connectivity index (χ4n) is 3.16. The molecule has 0 unspecified atom stereocenters. The summed E-state index contributed by atoms with van der Waals surface area (Å²) in [6.45, 7) is -0.152. The second-order valence-corrected chi connectivity index (χ2v) is 6.67. The van der Waals surface area contributed by atoms with Crippen LogP contribution in [0.25, 0.3) is 21.9 Å². The van der Waals surface area contributed by atoms with Gasteiger partial charge in [0, 0.05) is 19.7 Å². The van der Waals surface area contributed by atoms with E-state index >= 15 is 0 Å². The van der Waals surface area contributed by atoms with Crippen LogP contribution in [-0.4, -0.2) is 24.5 Å². The van der Waals surface area contributed by atoms with Crippen LogP contribution in [0, 0.1) is 0 Å². The molecule has 2 aromatic carbocycles. The predicted molar refractivity (Wildman–Crippen MR) is 104 cm³/mol. The molecule has 0 amide bonds. The van der Waals surface area contributed by atoms with Gasteiger partial charge in [-0.25, -0.2) is 4.79 Å². The van der Waals surface area contributed by atoms with Crippen LogP contribution in [0.15, 0.2) is 52.1 Å². The third-order valence-corrected chi connectivity index (χ3v) is 4.96. The third-order valence-electron chi connectivity index (χ3n) is 4.67. The van der Waals surface area contributed by atoms with E-state index in [1.165, 1.54) is 23.2 Å². The van der Waals surface area contributed by atoms with Gasteiger partial charge in [-0.1, -0.05) is 36.4 Å². The smallest absolute Gasteiger partial charge is 0.301 e. The van der Waals surface area contributed by atoms with Crippen LogP contribution < -0.4 is 11.2 Å². The van der Waals surface area contributed by atoms with Gasteiger partial charge in [0.1, 0.15) is 0 Å². The Morgan fingerprint density at radius 3 is 2.48 bits per heavy atom. The fraction of sp³-hybridized carbons (Fsp3) is 0.158. The van der Waals surface area contributed by atoms with E-state index in [9.17, 15) is 14.4 Å². The molecule has 4 rings (SSSR count). The Morgan fingerprint density at radius 2 is 1.74 bits per heavy atom. The molecule has 8 heteroatoms. The Hall–Kier alpha value is -3.19. The maximum atomic E-state index is 12.8. The number of Topliss-reactive ketones (excluding diaryl/α,β-unsaturated/α-hetero) is 1. The van der Waals surface area contributed by atoms with Crippen molar-refractivity contribution in [2.75, 3.05) is 0 Å². The maximum Gasteiger partial charge on any atom is 0.332 e. The number of rotatable bonds is 3. The number of benzene rings is 2. The normalized spacial score (nSPS) is 11.4. The van der Waals surface area contributed by atoms with Crippen LogP contribution in [0.3, 0.4) is 0 Å². The molecule has 27 heavy (non-hydrogen) atoms. The van der Waals surface area contributed by atoms with Crippen molar-refractivity contribution in [1.29, 1.82) is 0 Å². The Bertz CT molecular complexity index is 1350. The number of nitrogens with zero attached hydrogens (tertiary/aromatic N) is 4. The van der Waals surface area contributed by atoms with E-state index in [4.69, 9.17) is 11.6 Å². The van der Waals surface area contributed by atoms with E-state index in [0.29, 0.717) is 5.56 Å². The van der Waals surface area contributed by atoms with Crippen LogP contribution in [0.2, 0.25) is 5.28 Å². The molecule has 0 aliphatic carbocycles. The van der Waals surface area contributed by atoms with Gasteiger partial charge in [-0.15, -0.1) is 0 Å². The zero-order chi connectivity index (χ0) is 19.3. The average molecular weight is 383 g/mol. The monoisotopic (exact) mass is 382 g/mol. The van der Waals surface area contributed by atoms with E-state index < -0.39 is 11.2 Å². The molecular formula is C19H15ClN4O3. The summed E-state index contributed by atoms with van der Waals surface area (Å²) in [6, 6.07) is 13.1. The van der Waals surface area contributed by atoms with Crippen molar-refractivity contribution >= 4 is 39.3 Å². The molecular weight excluding hydrogens is 368 g/mol. The highest BCUT2D eigenvalue weighted by Gasteiger charge is 2.20. The molecule has 0 aliphatic rings. The summed E-state index contributed by atoms with van der Waals surface area (Å²) in [5, 5.41) is 1.96. The molecule has 0 fully saturated rings. The van der Waals surface area contributed by atoms with E-state index in [1.807, 2.05) is 30.3 Å². The fourth-order valence-corrected chi connectivity index (χ4v) is 3.39. The lowest BCUT2D eigenvalue weighted by Crippen LogP contribution is -2.37. The van der Waals surface area contributed by atoms with E-state index in [2.05, 4.69) is 4.98 Å². The maximum absolute atomic E-state index is 12.8. The van der Waals surface area contributed by atoms with Crippen molar-refractivity contribution in [1.82, 2.24) is 18.7 Å². The van der Waals surface area contributed by atoms with Crippen molar-refractivity contribution in [2.45, 2.75) is 6.54 Å². The summed E-state index contributed by atoms with van der Waals surface area (Å²) in [7, 11) is 2.88. The molecule has 0 saturated heterocycles. The molecule has 0 aliphatic heterocycles. The van der Waals surface area contributed by atoms with Crippen molar-refractivity contribution in [2.24, 2.45) is 14.1 Å². The summed E-state index contributed by atoms with van der Waals surface area (Å²) in [5.41, 5.74) is -0.264. The number of carbonyl (C=O) groups is 1. The summed E-state index contributed by atoms with van der Waals surface area (Å²) < 4.78 is 3.55. The molecule has 0 radical (unpaired) electrons. The van der Waals surface area contributed by atoms with E-state index in [0.717, 1.165) is 15.3 Å². The van der Waals surface area contributed by atoms with Crippen LogP contribution in [0.1, 0.15) is 10.4 Å². The van der Waals surface area contributed by atoms with Gasteiger partial charge >= 0.3 is 5.69 Å². The first-order chi connectivity index (χ1) is 12.9. The summed E-state index contributed by atoms with van der Waals surface area (Å²) in [4.78, 5) is 41.5. The van der Waals surface area contributed by atoms with Crippen LogP contribution >= 0.6 is 11.6 Å². The molecule has 2 aromatic heterocycles. The predicted octanol–water partition coefficient (Wildman–Crippen LogP) is 2.12. The molecule has 136 valence electrons. The summed E-state index contributed by atoms with van der Waals surface area (Å²) in [5.74, 6) is -0.210. The quantitative estimate of drug-likeness (QED) is 0.401. The Kier molecular flexibility index (Phi) is 3.96. The van der Waals surface area contributed by atoms with E-state index in [-0.39, 0.29) is 28.8 Å². The van der Waals surface area contributed by atoms with Gasteiger partial charge < -0.3 is 4.57 Å². The van der Waals surface area contributed by atoms with Crippen molar-refractivity contribution in [3.63, 3.8) is 0 Å². The largest absolute Gasteiger partial charge is 0.332 e. The lowest BCUT2D eigenvalue weighted by atomic mass is 10.0.